The minimum atomic E-state index is -1.09. The van der Waals surface area contributed by atoms with Crippen LogP contribution in [0, 0.1) is 0 Å². The molecule has 6 nitrogen and oxygen atoms in total. The Balaban J connectivity index is 2.04. The lowest BCUT2D eigenvalue weighted by atomic mass is 10.2. The third-order valence-corrected chi connectivity index (χ3v) is 4.00. The monoisotopic (exact) mass is 356 g/mol. The lowest BCUT2D eigenvalue weighted by Gasteiger charge is -2.27. The Morgan fingerprint density at radius 1 is 1.38 bits per heavy atom. The van der Waals surface area contributed by atoms with Gasteiger partial charge in [-0.3, -0.25) is 0 Å². The first-order valence-electron chi connectivity index (χ1n) is 6.55. The van der Waals surface area contributed by atoms with E-state index >= 15 is 0 Å². The Hall–Kier alpha value is -1.60. The van der Waals surface area contributed by atoms with Gasteiger partial charge in [0.15, 0.2) is 0 Å². The van der Waals surface area contributed by atoms with E-state index in [0.29, 0.717) is 6.54 Å². The smallest absolute Gasteiger partial charge is 0.326 e. The number of carbonyl (C=O) groups is 2. The predicted molar refractivity (Wildman–Crippen MR) is 79.8 cm³/mol. The minimum absolute atomic E-state index is 0.0560. The fourth-order valence-corrected chi connectivity index (χ4v) is 2.67. The van der Waals surface area contributed by atoms with Gasteiger partial charge in [-0.05, 0) is 17.7 Å². The van der Waals surface area contributed by atoms with Crippen molar-refractivity contribution in [1.29, 1.82) is 0 Å². The van der Waals surface area contributed by atoms with Gasteiger partial charge in [-0.25, -0.2) is 9.59 Å². The molecular formula is C14H17BrN2O4. The van der Waals surface area contributed by atoms with Crippen molar-refractivity contribution < 1.29 is 19.8 Å². The highest BCUT2D eigenvalue weighted by molar-refractivity contribution is 9.10. The summed E-state index contributed by atoms with van der Waals surface area (Å²) in [7, 11) is 1.62. The van der Waals surface area contributed by atoms with Gasteiger partial charge < -0.3 is 20.0 Å². The molecular weight excluding hydrogens is 340 g/mol. The number of carboxylic acids is 1. The topological polar surface area (TPSA) is 81.1 Å². The first-order valence-corrected chi connectivity index (χ1v) is 7.35. The van der Waals surface area contributed by atoms with Crippen molar-refractivity contribution in [2.45, 2.75) is 25.1 Å². The molecule has 1 aromatic rings. The predicted octanol–water partition coefficient (Wildman–Crippen LogP) is 1.52. The number of aliphatic hydroxyl groups is 1. The second-order valence-electron chi connectivity index (χ2n) is 5.16. The third-order valence-electron chi connectivity index (χ3n) is 3.47. The van der Waals surface area contributed by atoms with Crippen LogP contribution in [0.4, 0.5) is 4.79 Å². The molecule has 2 amide bonds. The van der Waals surface area contributed by atoms with E-state index in [1.54, 1.807) is 7.05 Å². The van der Waals surface area contributed by atoms with Gasteiger partial charge in [0.2, 0.25) is 0 Å². The largest absolute Gasteiger partial charge is 0.480 e. The van der Waals surface area contributed by atoms with Crippen LogP contribution in [0.25, 0.3) is 0 Å². The molecule has 2 N–H and O–H groups in total. The fraction of sp³-hybridized carbons (Fsp3) is 0.429. The van der Waals surface area contributed by atoms with Crippen LogP contribution in [0.3, 0.4) is 0 Å². The number of benzene rings is 1. The van der Waals surface area contributed by atoms with Crippen molar-refractivity contribution in [1.82, 2.24) is 9.80 Å². The average Bonchev–Trinajstić information content (AvgIpc) is 2.82. The summed E-state index contributed by atoms with van der Waals surface area (Å²) in [4.78, 5) is 26.2. The second kappa shape index (κ2) is 6.44. The number of aliphatic hydroxyl groups excluding tert-OH is 1. The number of rotatable bonds is 3. The minimum Gasteiger partial charge on any atom is -0.480 e. The number of halogens is 1. The highest BCUT2D eigenvalue weighted by atomic mass is 79.9. The van der Waals surface area contributed by atoms with Gasteiger partial charge in [0.25, 0.3) is 0 Å². The maximum Gasteiger partial charge on any atom is 0.326 e. The molecule has 7 heteroatoms. The van der Waals surface area contributed by atoms with Crippen LogP contribution in [-0.2, 0) is 11.3 Å². The molecule has 2 atom stereocenters. The van der Waals surface area contributed by atoms with Gasteiger partial charge in [-0.2, -0.15) is 0 Å². The molecule has 0 aromatic heterocycles. The number of hydrogen-bond donors (Lipinski definition) is 2. The third kappa shape index (κ3) is 3.74. The maximum atomic E-state index is 12.3. The molecule has 0 bridgehead atoms. The van der Waals surface area contributed by atoms with Gasteiger partial charge in [0, 0.05) is 31.0 Å². The SMILES string of the molecule is CN(Cc1ccc(Br)cc1)C(=O)N1C[C@@H](O)C[C@H]1C(=O)O. The van der Waals surface area contributed by atoms with Gasteiger partial charge in [-0.15, -0.1) is 0 Å². The van der Waals surface area contributed by atoms with E-state index in [-0.39, 0.29) is 19.0 Å². The quantitative estimate of drug-likeness (QED) is 0.860. The summed E-state index contributed by atoms with van der Waals surface area (Å²) in [5.41, 5.74) is 0.945. The zero-order valence-electron chi connectivity index (χ0n) is 11.6. The molecule has 0 aliphatic carbocycles. The van der Waals surface area contributed by atoms with Crippen LogP contribution in [0.1, 0.15) is 12.0 Å². The molecule has 2 rings (SSSR count). The Kier molecular flexibility index (Phi) is 4.84. The number of nitrogens with zero attached hydrogens (tertiary/aromatic N) is 2. The van der Waals surface area contributed by atoms with Crippen LogP contribution < -0.4 is 0 Å². The Morgan fingerprint density at radius 2 is 2.00 bits per heavy atom. The fourth-order valence-electron chi connectivity index (χ4n) is 2.41. The highest BCUT2D eigenvalue weighted by Gasteiger charge is 2.39. The van der Waals surface area contributed by atoms with Gasteiger partial charge in [0.05, 0.1) is 6.10 Å². The van der Waals surface area contributed by atoms with Crippen molar-refractivity contribution in [3.63, 3.8) is 0 Å². The lowest BCUT2D eigenvalue weighted by molar-refractivity contribution is -0.141. The van der Waals surface area contributed by atoms with Crippen molar-refractivity contribution in [3.05, 3.63) is 34.3 Å². The summed E-state index contributed by atoms with van der Waals surface area (Å²) in [5.74, 6) is -1.09. The molecule has 1 fully saturated rings. The maximum absolute atomic E-state index is 12.3. The Morgan fingerprint density at radius 3 is 2.57 bits per heavy atom. The second-order valence-corrected chi connectivity index (χ2v) is 6.08. The number of β-amino-alcohol motifs (C(OH)–C–C–N with tert-alkyl or cyclic N) is 1. The van der Waals surface area contributed by atoms with Crippen LogP contribution in [0.5, 0.6) is 0 Å². The van der Waals surface area contributed by atoms with Crippen LogP contribution >= 0.6 is 15.9 Å². The van der Waals surface area contributed by atoms with Crippen LogP contribution in [0.2, 0.25) is 0 Å². The molecule has 1 aliphatic rings. The molecule has 0 radical (unpaired) electrons. The highest BCUT2D eigenvalue weighted by Crippen LogP contribution is 2.20. The zero-order chi connectivity index (χ0) is 15.6. The number of likely N-dealkylation sites (tertiary alicyclic amines) is 1. The number of urea groups is 1. The summed E-state index contributed by atoms with van der Waals surface area (Å²) >= 11 is 3.34. The molecule has 21 heavy (non-hydrogen) atoms. The standard InChI is InChI=1S/C14H17BrN2O4/c1-16(7-9-2-4-10(15)5-3-9)14(21)17-8-11(18)6-12(17)13(19)20/h2-5,11-12,18H,6-8H2,1H3,(H,19,20)/t11-,12-/m0/s1. The van der Waals surface area contributed by atoms with Gasteiger partial charge >= 0.3 is 12.0 Å². The molecule has 0 unspecified atom stereocenters. The van der Waals surface area contributed by atoms with E-state index in [4.69, 9.17) is 5.11 Å². The average molecular weight is 357 g/mol. The normalized spacial score (nSPS) is 21.4. The van der Waals surface area contributed by atoms with Gasteiger partial charge in [-0.1, -0.05) is 28.1 Å². The molecule has 0 saturated carbocycles. The lowest BCUT2D eigenvalue weighted by Crippen LogP contribution is -2.46. The van der Waals surface area contributed by atoms with Crippen LogP contribution in [0.15, 0.2) is 28.7 Å². The summed E-state index contributed by atoms with van der Waals surface area (Å²) in [5, 5.41) is 18.7. The number of carbonyl (C=O) groups excluding carboxylic acids is 1. The van der Waals surface area contributed by atoms with Crippen molar-refractivity contribution in [2.75, 3.05) is 13.6 Å². The molecule has 114 valence electrons. The van der Waals surface area contributed by atoms with E-state index in [0.717, 1.165) is 10.0 Å². The first kappa shape index (κ1) is 15.8. The number of aliphatic carboxylic acids is 1. The molecule has 1 aromatic carbocycles. The van der Waals surface area contributed by atoms with Crippen molar-refractivity contribution in [2.24, 2.45) is 0 Å². The Bertz CT molecular complexity index is 534. The van der Waals surface area contributed by atoms with E-state index in [1.807, 2.05) is 24.3 Å². The van der Waals surface area contributed by atoms with E-state index in [1.165, 1.54) is 9.80 Å². The first-order chi connectivity index (χ1) is 9.88. The molecule has 1 heterocycles. The Labute approximate surface area is 131 Å². The van der Waals surface area contributed by atoms with Crippen molar-refractivity contribution in [3.8, 4) is 0 Å². The molecule has 1 aliphatic heterocycles. The van der Waals surface area contributed by atoms with E-state index in [9.17, 15) is 14.7 Å². The van der Waals surface area contributed by atoms with E-state index in [2.05, 4.69) is 15.9 Å². The summed E-state index contributed by atoms with van der Waals surface area (Å²) in [6.45, 7) is 0.436. The van der Waals surface area contributed by atoms with E-state index < -0.39 is 18.1 Å². The zero-order valence-corrected chi connectivity index (χ0v) is 13.2. The number of hydrogen-bond acceptors (Lipinski definition) is 3. The van der Waals surface area contributed by atoms with Gasteiger partial charge in [0.1, 0.15) is 6.04 Å². The number of carboxylic acid groups (broad SMARTS) is 1. The van der Waals surface area contributed by atoms with Crippen molar-refractivity contribution >= 4 is 27.9 Å². The number of amides is 2. The van der Waals surface area contributed by atoms with Crippen LogP contribution in [-0.4, -0.2) is 57.8 Å². The summed E-state index contributed by atoms with van der Waals surface area (Å²) in [6, 6.07) is 6.20. The summed E-state index contributed by atoms with van der Waals surface area (Å²) < 4.78 is 0.953. The molecule has 0 spiro atoms. The molecule has 1 saturated heterocycles. The summed E-state index contributed by atoms with van der Waals surface area (Å²) in [6.07, 6.45) is -0.705.